The Labute approximate surface area is 112 Å². The van der Waals surface area contributed by atoms with Crippen LogP contribution in [0.2, 0.25) is 0 Å². The molecule has 9 heteroatoms. The van der Waals surface area contributed by atoms with Crippen molar-refractivity contribution in [1.82, 2.24) is 24.7 Å². The van der Waals surface area contributed by atoms with Crippen LogP contribution in [0.5, 0.6) is 0 Å². The first-order chi connectivity index (χ1) is 9.28. The first-order valence-corrected chi connectivity index (χ1v) is 6.83. The van der Waals surface area contributed by atoms with Crippen molar-refractivity contribution in [3.63, 3.8) is 0 Å². The van der Waals surface area contributed by atoms with Gasteiger partial charge in [-0.2, -0.15) is 0 Å². The Kier molecular flexibility index (Phi) is 3.22. The number of hydrazine groups is 1. The van der Waals surface area contributed by atoms with Gasteiger partial charge in [0.2, 0.25) is 0 Å². The maximum absolute atomic E-state index is 11.6. The Morgan fingerprint density at radius 3 is 2.95 bits per heavy atom. The number of nitrogens with two attached hydrogens (primary N) is 1. The zero-order chi connectivity index (χ0) is 13.2. The fourth-order valence-corrected chi connectivity index (χ4v) is 2.60. The van der Waals surface area contributed by atoms with E-state index in [2.05, 4.69) is 25.6 Å². The lowest BCUT2D eigenvalue weighted by atomic mass is 10.5. The van der Waals surface area contributed by atoms with Gasteiger partial charge in [-0.25, -0.2) is 20.7 Å². The lowest BCUT2D eigenvalue weighted by Crippen LogP contribution is -2.16. The number of hydrogen-bond acceptors (Lipinski definition) is 7. The van der Waals surface area contributed by atoms with E-state index >= 15 is 0 Å². The van der Waals surface area contributed by atoms with Gasteiger partial charge in [0.25, 0.3) is 0 Å². The Hall–Kier alpha value is -1.87. The maximum atomic E-state index is 11.6. The van der Waals surface area contributed by atoms with Crippen LogP contribution in [0.15, 0.2) is 22.3 Å². The largest absolute Gasteiger partial charge is 0.344 e. The van der Waals surface area contributed by atoms with Crippen LogP contribution in [0.1, 0.15) is 24.6 Å². The molecule has 2 heterocycles. The van der Waals surface area contributed by atoms with E-state index in [1.807, 2.05) is 0 Å². The highest BCUT2D eigenvalue weighted by molar-refractivity contribution is 7.98. The first kappa shape index (κ1) is 12.2. The van der Waals surface area contributed by atoms with Gasteiger partial charge >= 0.3 is 5.69 Å². The molecule has 0 bridgehead atoms. The molecule has 2 aromatic rings. The van der Waals surface area contributed by atoms with Crippen molar-refractivity contribution < 1.29 is 0 Å². The molecule has 100 valence electrons. The van der Waals surface area contributed by atoms with E-state index in [-0.39, 0.29) is 5.69 Å². The van der Waals surface area contributed by atoms with Crippen LogP contribution in [0.3, 0.4) is 0 Å². The quantitative estimate of drug-likeness (QED) is 0.409. The van der Waals surface area contributed by atoms with Crippen LogP contribution in [0, 0.1) is 0 Å². The Bertz CT molecular complexity index is 616. The maximum Gasteiger partial charge on any atom is 0.344 e. The summed E-state index contributed by atoms with van der Waals surface area (Å²) in [6.45, 7) is 0. The third-order valence-corrected chi connectivity index (χ3v) is 3.77. The van der Waals surface area contributed by atoms with Crippen molar-refractivity contribution in [3.8, 4) is 0 Å². The molecule has 1 fully saturated rings. The summed E-state index contributed by atoms with van der Waals surface area (Å²) >= 11 is 1.47. The molecule has 0 spiro atoms. The second kappa shape index (κ2) is 5.02. The SMILES string of the molecule is NNc1cnc(CSc2n[nH]c(=O)n2C2CC2)cn1. The van der Waals surface area contributed by atoms with Crippen molar-refractivity contribution in [2.75, 3.05) is 5.43 Å². The van der Waals surface area contributed by atoms with E-state index in [1.54, 1.807) is 17.0 Å². The van der Waals surface area contributed by atoms with E-state index in [0.29, 0.717) is 22.8 Å². The van der Waals surface area contributed by atoms with Gasteiger partial charge in [0.1, 0.15) is 0 Å². The van der Waals surface area contributed by atoms with E-state index in [1.165, 1.54) is 11.8 Å². The summed E-state index contributed by atoms with van der Waals surface area (Å²) in [5.74, 6) is 6.34. The monoisotopic (exact) mass is 279 g/mol. The zero-order valence-electron chi connectivity index (χ0n) is 10.0. The molecule has 1 aliphatic carbocycles. The molecular weight excluding hydrogens is 266 g/mol. The Balaban J connectivity index is 1.70. The van der Waals surface area contributed by atoms with E-state index in [0.717, 1.165) is 18.5 Å². The third-order valence-electron chi connectivity index (χ3n) is 2.79. The molecule has 4 N–H and O–H groups in total. The van der Waals surface area contributed by atoms with Crippen LogP contribution >= 0.6 is 11.8 Å². The molecule has 0 aliphatic heterocycles. The predicted molar refractivity (Wildman–Crippen MR) is 70.5 cm³/mol. The average molecular weight is 279 g/mol. The van der Waals surface area contributed by atoms with E-state index < -0.39 is 0 Å². The molecule has 19 heavy (non-hydrogen) atoms. The van der Waals surface area contributed by atoms with Crippen LogP contribution in [-0.2, 0) is 5.75 Å². The van der Waals surface area contributed by atoms with E-state index in [4.69, 9.17) is 5.84 Å². The first-order valence-electron chi connectivity index (χ1n) is 5.85. The molecule has 0 aromatic carbocycles. The molecule has 1 aliphatic rings. The number of thioether (sulfide) groups is 1. The van der Waals surface area contributed by atoms with Crippen LogP contribution < -0.4 is 17.0 Å². The predicted octanol–water partition coefficient (Wildman–Crippen LogP) is 0.274. The van der Waals surface area contributed by atoms with Gasteiger partial charge in [-0.15, -0.1) is 5.10 Å². The van der Waals surface area contributed by atoms with Gasteiger partial charge in [0.05, 0.1) is 18.1 Å². The highest BCUT2D eigenvalue weighted by Crippen LogP contribution is 2.36. The number of nitrogen functional groups attached to an aromatic ring is 1. The van der Waals surface area contributed by atoms with Gasteiger partial charge in [0.15, 0.2) is 11.0 Å². The Morgan fingerprint density at radius 1 is 1.47 bits per heavy atom. The minimum atomic E-state index is -0.140. The van der Waals surface area contributed by atoms with Crippen LogP contribution in [0.25, 0.3) is 0 Å². The number of aromatic nitrogens is 5. The van der Waals surface area contributed by atoms with Crippen molar-refractivity contribution in [2.24, 2.45) is 5.84 Å². The second-order valence-corrected chi connectivity index (χ2v) is 5.18. The number of anilines is 1. The number of aromatic amines is 1. The number of nitrogens with one attached hydrogen (secondary N) is 2. The zero-order valence-corrected chi connectivity index (χ0v) is 10.9. The van der Waals surface area contributed by atoms with Gasteiger partial charge in [0, 0.05) is 11.8 Å². The van der Waals surface area contributed by atoms with Gasteiger partial charge in [-0.05, 0) is 12.8 Å². The molecule has 3 rings (SSSR count). The fraction of sp³-hybridized carbons (Fsp3) is 0.400. The average Bonchev–Trinajstić information content (AvgIpc) is 3.21. The summed E-state index contributed by atoms with van der Waals surface area (Å²) in [5, 5.41) is 7.22. The number of hydrogen-bond donors (Lipinski definition) is 3. The molecule has 0 atom stereocenters. The minimum absolute atomic E-state index is 0.140. The molecule has 2 aromatic heterocycles. The lowest BCUT2D eigenvalue weighted by Gasteiger charge is -2.03. The van der Waals surface area contributed by atoms with Crippen molar-refractivity contribution >= 4 is 17.6 Å². The van der Waals surface area contributed by atoms with Crippen LogP contribution in [0.4, 0.5) is 5.82 Å². The molecule has 0 saturated heterocycles. The summed E-state index contributed by atoms with van der Waals surface area (Å²) in [4.78, 5) is 19.9. The summed E-state index contributed by atoms with van der Waals surface area (Å²) in [6.07, 6.45) is 5.30. The molecule has 0 amide bonds. The molecule has 0 unspecified atom stereocenters. The minimum Gasteiger partial charge on any atom is -0.307 e. The summed E-state index contributed by atoms with van der Waals surface area (Å²) < 4.78 is 1.72. The van der Waals surface area contributed by atoms with Gasteiger partial charge in [-0.3, -0.25) is 9.55 Å². The molecule has 1 saturated carbocycles. The topological polar surface area (TPSA) is 115 Å². The second-order valence-electron chi connectivity index (χ2n) is 4.24. The molecule has 8 nitrogen and oxygen atoms in total. The van der Waals surface area contributed by atoms with Gasteiger partial charge in [-0.1, -0.05) is 11.8 Å². The van der Waals surface area contributed by atoms with Gasteiger partial charge < -0.3 is 5.43 Å². The third kappa shape index (κ3) is 2.61. The summed E-state index contributed by atoms with van der Waals surface area (Å²) in [7, 11) is 0. The molecule has 0 radical (unpaired) electrons. The highest BCUT2D eigenvalue weighted by atomic mass is 32.2. The van der Waals surface area contributed by atoms with Crippen molar-refractivity contribution in [1.29, 1.82) is 0 Å². The fourth-order valence-electron chi connectivity index (χ4n) is 1.69. The Morgan fingerprint density at radius 2 is 2.32 bits per heavy atom. The van der Waals surface area contributed by atoms with Crippen molar-refractivity contribution in [2.45, 2.75) is 29.8 Å². The normalized spacial score (nSPS) is 14.6. The summed E-state index contributed by atoms with van der Waals surface area (Å²) in [6, 6.07) is 0.309. The number of H-pyrrole nitrogens is 1. The van der Waals surface area contributed by atoms with Crippen molar-refractivity contribution in [3.05, 3.63) is 28.6 Å². The molecular formula is C10H13N7OS. The summed E-state index contributed by atoms with van der Waals surface area (Å²) in [5.41, 5.74) is 3.09. The highest BCUT2D eigenvalue weighted by Gasteiger charge is 2.28. The standard InChI is InChI=1S/C10H13N7OS/c11-14-8-4-12-6(3-13-8)5-19-10-16-15-9(18)17(10)7-1-2-7/h3-4,7H,1-2,5,11H2,(H,13,14)(H,15,18). The number of nitrogens with zero attached hydrogens (tertiary/aromatic N) is 4. The lowest BCUT2D eigenvalue weighted by molar-refractivity contribution is 0.642. The number of rotatable bonds is 5. The van der Waals surface area contributed by atoms with E-state index in [9.17, 15) is 4.79 Å². The smallest absolute Gasteiger partial charge is 0.307 e. The van der Waals surface area contributed by atoms with Crippen LogP contribution in [-0.4, -0.2) is 24.7 Å².